The van der Waals surface area contributed by atoms with Gasteiger partial charge in [0.1, 0.15) is 0 Å². The molecule has 1 aromatic heterocycles. The molecule has 0 bridgehead atoms. The number of H-pyrrole nitrogens is 1. The standard InChI is InChI=1S/C20H26N2O2/c1-6-17-18(12-16-10-14(4)9-15(5)11-16)22(8-7-13(2)3)20(24)21-19(17)23/h7,9-11H,6,8,12H2,1-5H3,(H,21,23,24). The minimum absolute atomic E-state index is 0.268. The maximum atomic E-state index is 12.3. The average molecular weight is 326 g/mol. The zero-order valence-electron chi connectivity index (χ0n) is 15.2. The molecule has 24 heavy (non-hydrogen) atoms. The second-order valence-electron chi connectivity index (χ2n) is 6.60. The van der Waals surface area contributed by atoms with E-state index in [1.165, 1.54) is 11.1 Å². The molecule has 128 valence electrons. The van der Waals surface area contributed by atoms with Gasteiger partial charge in [-0.15, -0.1) is 0 Å². The van der Waals surface area contributed by atoms with Crippen LogP contribution in [-0.4, -0.2) is 9.55 Å². The van der Waals surface area contributed by atoms with Crippen LogP contribution in [0.2, 0.25) is 0 Å². The number of benzene rings is 1. The molecule has 4 heteroatoms. The van der Waals surface area contributed by atoms with Crippen molar-refractivity contribution in [3.8, 4) is 0 Å². The summed E-state index contributed by atoms with van der Waals surface area (Å²) in [6.07, 6.45) is 3.19. The topological polar surface area (TPSA) is 54.9 Å². The zero-order chi connectivity index (χ0) is 17.9. The summed E-state index contributed by atoms with van der Waals surface area (Å²) in [7, 11) is 0. The Labute approximate surface area is 142 Å². The Morgan fingerprint density at radius 3 is 2.29 bits per heavy atom. The van der Waals surface area contributed by atoms with Gasteiger partial charge in [-0.05, 0) is 39.7 Å². The lowest BCUT2D eigenvalue weighted by atomic mass is 10.0. The molecule has 0 radical (unpaired) electrons. The average Bonchev–Trinajstić information content (AvgIpc) is 2.45. The van der Waals surface area contributed by atoms with Gasteiger partial charge in [-0.25, -0.2) is 4.79 Å². The van der Waals surface area contributed by atoms with Crippen molar-refractivity contribution in [2.75, 3.05) is 0 Å². The number of rotatable bonds is 5. The molecule has 0 unspecified atom stereocenters. The van der Waals surface area contributed by atoms with E-state index in [1.807, 2.05) is 26.8 Å². The fraction of sp³-hybridized carbons (Fsp3) is 0.400. The zero-order valence-corrected chi connectivity index (χ0v) is 15.2. The van der Waals surface area contributed by atoms with Gasteiger partial charge in [-0.3, -0.25) is 14.3 Å². The van der Waals surface area contributed by atoms with E-state index in [0.29, 0.717) is 24.9 Å². The lowest BCUT2D eigenvalue weighted by Gasteiger charge is -2.15. The van der Waals surface area contributed by atoms with Crippen LogP contribution >= 0.6 is 0 Å². The minimum atomic E-state index is -0.339. The minimum Gasteiger partial charge on any atom is -0.293 e. The highest BCUT2D eigenvalue weighted by Crippen LogP contribution is 2.15. The molecule has 0 spiro atoms. The maximum absolute atomic E-state index is 12.3. The van der Waals surface area contributed by atoms with E-state index < -0.39 is 0 Å². The number of hydrogen-bond acceptors (Lipinski definition) is 2. The highest BCUT2D eigenvalue weighted by molar-refractivity contribution is 5.33. The van der Waals surface area contributed by atoms with E-state index in [1.54, 1.807) is 4.57 Å². The van der Waals surface area contributed by atoms with E-state index in [9.17, 15) is 9.59 Å². The lowest BCUT2D eigenvalue weighted by Crippen LogP contribution is -2.35. The number of nitrogens with one attached hydrogen (secondary N) is 1. The molecule has 2 aromatic rings. The Morgan fingerprint density at radius 1 is 1.12 bits per heavy atom. The van der Waals surface area contributed by atoms with Crippen molar-refractivity contribution in [2.45, 2.75) is 54.0 Å². The van der Waals surface area contributed by atoms with Crippen LogP contribution in [0.25, 0.3) is 0 Å². The first-order chi connectivity index (χ1) is 11.3. The summed E-state index contributed by atoms with van der Waals surface area (Å²) in [5.74, 6) is 0. The van der Waals surface area contributed by atoms with Gasteiger partial charge in [0, 0.05) is 24.2 Å². The van der Waals surface area contributed by atoms with E-state index in [-0.39, 0.29) is 11.2 Å². The van der Waals surface area contributed by atoms with Gasteiger partial charge < -0.3 is 0 Å². The summed E-state index contributed by atoms with van der Waals surface area (Å²) in [4.78, 5) is 27.0. The summed E-state index contributed by atoms with van der Waals surface area (Å²) in [6.45, 7) is 10.6. The normalized spacial score (nSPS) is 10.7. The predicted octanol–water partition coefficient (Wildman–Crippen LogP) is 3.27. The number of nitrogens with zero attached hydrogens (tertiary/aromatic N) is 1. The molecule has 0 saturated carbocycles. The van der Waals surface area contributed by atoms with E-state index >= 15 is 0 Å². The molecule has 4 nitrogen and oxygen atoms in total. The number of aromatic nitrogens is 2. The van der Waals surface area contributed by atoms with Gasteiger partial charge in [0.15, 0.2) is 0 Å². The highest BCUT2D eigenvalue weighted by atomic mass is 16.2. The second kappa shape index (κ2) is 7.47. The highest BCUT2D eigenvalue weighted by Gasteiger charge is 2.14. The van der Waals surface area contributed by atoms with Gasteiger partial charge >= 0.3 is 5.69 Å². The van der Waals surface area contributed by atoms with Crippen molar-refractivity contribution in [2.24, 2.45) is 0 Å². The summed E-state index contributed by atoms with van der Waals surface area (Å²) in [5, 5.41) is 0. The Kier molecular flexibility index (Phi) is 5.60. The van der Waals surface area contributed by atoms with Crippen LogP contribution in [0.5, 0.6) is 0 Å². The Morgan fingerprint density at radius 2 is 1.75 bits per heavy atom. The summed E-state index contributed by atoms with van der Waals surface area (Å²) < 4.78 is 1.69. The quantitative estimate of drug-likeness (QED) is 0.857. The lowest BCUT2D eigenvalue weighted by molar-refractivity contribution is 0.673. The van der Waals surface area contributed by atoms with E-state index in [4.69, 9.17) is 0 Å². The molecule has 0 aliphatic heterocycles. The molecular formula is C20H26N2O2. The Bertz CT molecular complexity index is 861. The second-order valence-corrected chi connectivity index (χ2v) is 6.60. The summed E-state index contributed by atoms with van der Waals surface area (Å²) in [5.41, 5.74) is 5.54. The number of allylic oxidation sites excluding steroid dienone is 2. The number of hydrogen-bond donors (Lipinski definition) is 1. The Hall–Kier alpha value is -2.36. The number of aryl methyl sites for hydroxylation is 2. The van der Waals surface area contributed by atoms with Crippen molar-refractivity contribution in [1.29, 1.82) is 0 Å². The SMILES string of the molecule is CCc1c(Cc2cc(C)cc(C)c2)n(CC=C(C)C)c(=O)[nH]c1=O. The van der Waals surface area contributed by atoms with Gasteiger partial charge in [0.2, 0.25) is 0 Å². The molecular weight excluding hydrogens is 300 g/mol. The van der Waals surface area contributed by atoms with Crippen LogP contribution < -0.4 is 11.2 Å². The molecule has 1 heterocycles. The monoisotopic (exact) mass is 326 g/mol. The van der Waals surface area contributed by atoms with E-state index in [0.717, 1.165) is 16.8 Å². The van der Waals surface area contributed by atoms with Crippen molar-refractivity contribution < 1.29 is 0 Å². The molecule has 0 saturated heterocycles. The molecule has 0 aliphatic rings. The molecule has 0 aliphatic carbocycles. The van der Waals surface area contributed by atoms with Crippen LogP contribution in [-0.2, 0) is 19.4 Å². The molecule has 0 atom stereocenters. The van der Waals surface area contributed by atoms with Crippen molar-refractivity contribution in [3.05, 3.63) is 78.6 Å². The smallest absolute Gasteiger partial charge is 0.293 e. The van der Waals surface area contributed by atoms with Crippen molar-refractivity contribution in [1.82, 2.24) is 9.55 Å². The third-order valence-corrected chi connectivity index (χ3v) is 4.10. The first-order valence-electron chi connectivity index (χ1n) is 8.37. The molecule has 0 amide bonds. The Balaban J connectivity index is 2.62. The van der Waals surface area contributed by atoms with Crippen molar-refractivity contribution in [3.63, 3.8) is 0 Å². The third-order valence-electron chi connectivity index (χ3n) is 4.10. The van der Waals surface area contributed by atoms with Crippen molar-refractivity contribution >= 4 is 0 Å². The van der Waals surface area contributed by atoms with Gasteiger partial charge in [-0.2, -0.15) is 0 Å². The van der Waals surface area contributed by atoms with Crippen LogP contribution in [0, 0.1) is 13.8 Å². The van der Waals surface area contributed by atoms with Crippen LogP contribution in [0.4, 0.5) is 0 Å². The fourth-order valence-corrected chi connectivity index (χ4v) is 3.05. The third kappa shape index (κ3) is 4.13. The van der Waals surface area contributed by atoms with Crippen LogP contribution in [0.3, 0.4) is 0 Å². The largest absolute Gasteiger partial charge is 0.328 e. The van der Waals surface area contributed by atoms with Crippen LogP contribution in [0.15, 0.2) is 39.4 Å². The number of aromatic amines is 1. The summed E-state index contributed by atoms with van der Waals surface area (Å²) >= 11 is 0. The summed E-state index contributed by atoms with van der Waals surface area (Å²) in [6, 6.07) is 6.35. The molecule has 2 rings (SSSR count). The molecule has 1 N–H and O–H groups in total. The van der Waals surface area contributed by atoms with Crippen LogP contribution in [0.1, 0.15) is 48.7 Å². The predicted molar refractivity (Wildman–Crippen MR) is 98.9 cm³/mol. The van der Waals surface area contributed by atoms with Gasteiger partial charge in [-0.1, -0.05) is 47.9 Å². The fourth-order valence-electron chi connectivity index (χ4n) is 3.05. The first-order valence-corrected chi connectivity index (χ1v) is 8.37. The van der Waals surface area contributed by atoms with Gasteiger partial charge in [0.05, 0.1) is 0 Å². The molecule has 1 aromatic carbocycles. The first kappa shape index (κ1) is 18.0. The van der Waals surface area contributed by atoms with E-state index in [2.05, 4.69) is 37.0 Å². The van der Waals surface area contributed by atoms with Gasteiger partial charge in [0.25, 0.3) is 5.56 Å². The maximum Gasteiger partial charge on any atom is 0.328 e. The molecule has 0 fully saturated rings.